The Balaban J connectivity index is 1.13. The SMILES string of the molecule is O=C(N1CC2(CC(Cc3cc(F)cc(S(=O)(=O)C(F)(F)F)c3)C2)C1)N1CC2(CCS(=O)(=O)N2)C1. The third-order valence-electron chi connectivity index (χ3n) is 7.32. The Hall–Kier alpha value is -1.93. The van der Waals surface area contributed by atoms with E-state index in [0.29, 0.717) is 51.5 Å². The number of sulfonamides is 1. The van der Waals surface area contributed by atoms with Gasteiger partial charge in [0.25, 0.3) is 9.84 Å². The molecule has 0 aromatic heterocycles. The van der Waals surface area contributed by atoms with Gasteiger partial charge in [-0.15, -0.1) is 0 Å². The van der Waals surface area contributed by atoms with Crippen LogP contribution in [-0.4, -0.2) is 75.6 Å². The summed E-state index contributed by atoms with van der Waals surface area (Å²) in [6, 6.07) is 2.16. The van der Waals surface area contributed by atoms with E-state index >= 15 is 0 Å². The van der Waals surface area contributed by atoms with Gasteiger partial charge in [-0.25, -0.2) is 30.7 Å². The maximum Gasteiger partial charge on any atom is 0.501 e. The van der Waals surface area contributed by atoms with Crippen LogP contribution < -0.4 is 4.72 Å². The number of rotatable bonds is 3. The Kier molecular flexibility index (Phi) is 5.10. The summed E-state index contributed by atoms with van der Waals surface area (Å²) >= 11 is 0. The largest absolute Gasteiger partial charge is 0.501 e. The van der Waals surface area contributed by atoms with E-state index in [-0.39, 0.29) is 35.1 Å². The Labute approximate surface area is 194 Å². The van der Waals surface area contributed by atoms with Gasteiger partial charge in [-0.05, 0) is 55.4 Å². The number of halogens is 4. The molecule has 188 valence electrons. The van der Waals surface area contributed by atoms with Crippen LogP contribution in [0.15, 0.2) is 23.1 Å². The zero-order valence-electron chi connectivity index (χ0n) is 17.9. The van der Waals surface area contributed by atoms with Gasteiger partial charge in [0.1, 0.15) is 5.82 Å². The van der Waals surface area contributed by atoms with Crippen molar-refractivity contribution in [3.05, 3.63) is 29.6 Å². The summed E-state index contributed by atoms with van der Waals surface area (Å²) in [5.74, 6) is -0.912. The van der Waals surface area contributed by atoms with Crippen molar-refractivity contribution in [1.29, 1.82) is 0 Å². The first-order valence-electron chi connectivity index (χ1n) is 10.8. The van der Waals surface area contributed by atoms with E-state index in [1.165, 1.54) is 0 Å². The average molecular weight is 526 g/mol. The highest BCUT2D eigenvalue weighted by Gasteiger charge is 2.57. The number of nitrogens with zero attached hydrogens (tertiary/aromatic N) is 2. The van der Waals surface area contributed by atoms with Crippen molar-refractivity contribution in [1.82, 2.24) is 14.5 Å². The number of urea groups is 1. The van der Waals surface area contributed by atoms with Gasteiger partial charge in [-0.2, -0.15) is 13.2 Å². The third-order valence-corrected chi connectivity index (χ3v) is 10.3. The second kappa shape index (κ2) is 7.29. The van der Waals surface area contributed by atoms with Crippen molar-refractivity contribution in [3.63, 3.8) is 0 Å². The minimum absolute atomic E-state index is 0.0562. The molecule has 1 aliphatic carbocycles. The molecule has 3 aliphatic heterocycles. The van der Waals surface area contributed by atoms with E-state index in [9.17, 15) is 39.2 Å². The van der Waals surface area contributed by atoms with Gasteiger partial charge in [-0.3, -0.25) is 0 Å². The van der Waals surface area contributed by atoms with E-state index < -0.39 is 41.6 Å². The lowest BCUT2D eigenvalue weighted by atomic mass is 9.56. The zero-order valence-corrected chi connectivity index (χ0v) is 19.6. The van der Waals surface area contributed by atoms with E-state index in [1.807, 2.05) is 0 Å². The number of sulfone groups is 1. The van der Waals surface area contributed by atoms with Crippen LogP contribution in [0.25, 0.3) is 0 Å². The quantitative estimate of drug-likeness (QED) is 0.607. The van der Waals surface area contributed by atoms with Gasteiger partial charge in [0.15, 0.2) is 0 Å². The van der Waals surface area contributed by atoms with E-state index in [2.05, 4.69) is 4.72 Å². The summed E-state index contributed by atoms with van der Waals surface area (Å²) in [5.41, 5.74) is -5.92. The first kappa shape index (κ1) is 23.8. The van der Waals surface area contributed by atoms with Crippen molar-refractivity contribution in [2.45, 2.75) is 41.6 Å². The molecule has 3 heterocycles. The minimum atomic E-state index is -5.63. The fourth-order valence-electron chi connectivity index (χ4n) is 5.83. The standard InChI is InChI=1S/C20H23F4N3O5S2/c21-15-4-13(5-16(6-15)34(31,32)20(22,23)24)3-14-7-18(8-14)9-26(10-18)17(28)27-11-19(12-27)1-2-33(29,30)25-19/h4-6,14,25H,1-3,7-12H2. The second-order valence-electron chi connectivity index (χ2n) is 10.2. The predicted octanol–water partition coefficient (Wildman–Crippen LogP) is 1.87. The number of carbonyl (C=O) groups excluding carboxylic acids is 1. The molecule has 1 aromatic carbocycles. The van der Waals surface area contributed by atoms with Gasteiger partial charge in [0.2, 0.25) is 10.0 Å². The van der Waals surface area contributed by atoms with Gasteiger partial charge < -0.3 is 9.80 Å². The fraction of sp³-hybridized carbons (Fsp3) is 0.650. The Morgan fingerprint density at radius 1 is 1.09 bits per heavy atom. The monoisotopic (exact) mass is 525 g/mol. The van der Waals surface area contributed by atoms with Crippen LogP contribution in [0, 0.1) is 17.2 Å². The summed E-state index contributed by atoms with van der Waals surface area (Å²) < 4.78 is 101. The van der Waals surface area contributed by atoms with E-state index in [1.54, 1.807) is 9.80 Å². The average Bonchev–Trinajstić information content (AvgIpc) is 2.95. The Morgan fingerprint density at radius 3 is 2.26 bits per heavy atom. The molecule has 2 spiro atoms. The number of carbonyl (C=O) groups is 1. The molecule has 1 saturated carbocycles. The highest BCUT2D eigenvalue weighted by molar-refractivity contribution is 7.92. The molecule has 0 atom stereocenters. The summed E-state index contributed by atoms with van der Waals surface area (Å²) in [6.07, 6.45) is 2.15. The molecule has 8 nitrogen and oxygen atoms in total. The van der Waals surface area contributed by atoms with Crippen LogP contribution in [0.4, 0.5) is 22.4 Å². The summed E-state index contributed by atoms with van der Waals surface area (Å²) in [5, 5.41) is 0. The smallest absolute Gasteiger partial charge is 0.323 e. The van der Waals surface area contributed by atoms with Crippen molar-refractivity contribution < 1.29 is 39.2 Å². The number of amides is 2. The maximum atomic E-state index is 13.8. The van der Waals surface area contributed by atoms with Crippen LogP contribution in [0.2, 0.25) is 0 Å². The Bertz CT molecular complexity index is 1250. The van der Waals surface area contributed by atoms with Crippen molar-refractivity contribution in [3.8, 4) is 0 Å². The second-order valence-corrected chi connectivity index (χ2v) is 14.0. The van der Waals surface area contributed by atoms with Crippen molar-refractivity contribution in [2.75, 3.05) is 31.9 Å². The molecule has 1 aromatic rings. The summed E-state index contributed by atoms with van der Waals surface area (Å²) in [6.45, 7) is 1.77. The zero-order chi connectivity index (χ0) is 24.7. The van der Waals surface area contributed by atoms with Crippen LogP contribution in [-0.2, 0) is 26.3 Å². The molecule has 34 heavy (non-hydrogen) atoms. The molecule has 4 fully saturated rings. The first-order chi connectivity index (χ1) is 15.6. The summed E-state index contributed by atoms with van der Waals surface area (Å²) in [4.78, 5) is 14.9. The number of hydrogen-bond acceptors (Lipinski definition) is 5. The number of hydrogen-bond donors (Lipinski definition) is 1. The molecule has 0 bridgehead atoms. The van der Waals surface area contributed by atoms with Gasteiger partial charge >= 0.3 is 11.5 Å². The number of nitrogens with one attached hydrogen (secondary N) is 1. The molecule has 14 heteroatoms. The fourth-order valence-corrected chi connectivity index (χ4v) is 8.32. The first-order valence-corrected chi connectivity index (χ1v) is 13.9. The lowest BCUT2D eigenvalue weighted by molar-refractivity contribution is -0.0822. The lowest BCUT2D eigenvalue weighted by Gasteiger charge is -2.61. The molecule has 1 N–H and O–H groups in total. The number of alkyl halides is 3. The third kappa shape index (κ3) is 3.96. The molecule has 0 radical (unpaired) electrons. The highest BCUT2D eigenvalue weighted by Crippen LogP contribution is 2.53. The van der Waals surface area contributed by atoms with Crippen LogP contribution in [0.5, 0.6) is 0 Å². The van der Waals surface area contributed by atoms with Crippen molar-refractivity contribution in [2.24, 2.45) is 11.3 Å². The summed E-state index contributed by atoms with van der Waals surface area (Å²) in [7, 11) is -8.88. The maximum absolute atomic E-state index is 13.8. The van der Waals surface area contributed by atoms with E-state index in [4.69, 9.17) is 0 Å². The number of benzene rings is 1. The van der Waals surface area contributed by atoms with Crippen molar-refractivity contribution >= 4 is 25.9 Å². The lowest BCUT2D eigenvalue weighted by Crippen LogP contribution is -2.73. The van der Waals surface area contributed by atoms with Gasteiger partial charge in [-0.1, -0.05) is 0 Å². The highest BCUT2D eigenvalue weighted by atomic mass is 32.2. The normalized spacial score (nSPS) is 25.2. The molecular formula is C20H23F4N3O5S2. The van der Waals surface area contributed by atoms with Crippen LogP contribution >= 0.6 is 0 Å². The topological polar surface area (TPSA) is 104 Å². The Morgan fingerprint density at radius 2 is 1.71 bits per heavy atom. The molecule has 0 unspecified atom stereocenters. The molecule has 5 rings (SSSR count). The molecular weight excluding hydrogens is 502 g/mol. The van der Waals surface area contributed by atoms with Crippen LogP contribution in [0.1, 0.15) is 24.8 Å². The predicted molar refractivity (Wildman–Crippen MR) is 111 cm³/mol. The van der Waals surface area contributed by atoms with Gasteiger partial charge in [0.05, 0.1) is 16.2 Å². The van der Waals surface area contributed by atoms with Crippen LogP contribution in [0.3, 0.4) is 0 Å². The molecule has 3 saturated heterocycles. The molecule has 2 amide bonds. The van der Waals surface area contributed by atoms with Gasteiger partial charge in [0, 0.05) is 31.6 Å². The number of likely N-dealkylation sites (tertiary alicyclic amines) is 2. The van der Waals surface area contributed by atoms with E-state index in [0.717, 1.165) is 12.1 Å². The minimum Gasteiger partial charge on any atom is -0.323 e. The molecule has 4 aliphatic rings.